The van der Waals surface area contributed by atoms with Gasteiger partial charge in [-0.15, -0.1) is 0 Å². The van der Waals surface area contributed by atoms with Crippen LogP contribution in [0.5, 0.6) is 5.75 Å². The van der Waals surface area contributed by atoms with Gasteiger partial charge in [0.2, 0.25) is 0 Å². The molecular formula is C25H19F2N5O2. The number of amides is 1. The van der Waals surface area contributed by atoms with Crippen molar-refractivity contribution in [3.05, 3.63) is 83.0 Å². The number of aromatic amines is 1. The number of ether oxygens (including phenoxy) is 1. The van der Waals surface area contributed by atoms with Crippen molar-refractivity contribution in [1.82, 2.24) is 20.1 Å². The number of benzene rings is 2. The van der Waals surface area contributed by atoms with Gasteiger partial charge in [0, 0.05) is 19.8 Å². The lowest BCUT2D eigenvalue weighted by Gasteiger charge is -2.19. The van der Waals surface area contributed by atoms with E-state index in [0.717, 1.165) is 24.5 Å². The number of fused-ring (bicyclic) bond motifs is 1. The highest BCUT2D eigenvalue weighted by Gasteiger charge is 2.26. The third kappa shape index (κ3) is 4.18. The van der Waals surface area contributed by atoms with Crippen molar-refractivity contribution in [2.45, 2.75) is 25.5 Å². The molecule has 0 aliphatic heterocycles. The summed E-state index contributed by atoms with van der Waals surface area (Å²) in [6, 6.07) is 8.53. The minimum Gasteiger partial charge on any atom is -0.488 e. The molecule has 1 amide bonds. The van der Waals surface area contributed by atoms with Gasteiger partial charge in [0.15, 0.2) is 5.69 Å². The van der Waals surface area contributed by atoms with Crippen LogP contribution in [0.2, 0.25) is 0 Å². The molecule has 2 aromatic heterocycles. The second-order valence-electron chi connectivity index (χ2n) is 8.22. The summed E-state index contributed by atoms with van der Waals surface area (Å²) in [7, 11) is 1.64. The third-order valence-electron chi connectivity index (χ3n) is 5.61. The van der Waals surface area contributed by atoms with Gasteiger partial charge in [-0.2, -0.15) is 5.10 Å². The number of nitrogens with one attached hydrogen (secondary N) is 1. The number of halogens is 2. The molecule has 0 atom stereocenters. The Labute approximate surface area is 193 Å². The minimum atomic E-state index is -0.549. The monoisotopic (exact) mass is 459 g/mol. The summed E-state index contributed by atoms with van der Waals surface area (Å²) in [5.41, 5.74) is 2.48. The molecule has 170 valence electrons. The largest absolute Gasteiger partial charge is 0.488 e. The second kappa shape index (κ2) is 8.56. The van der Waals surface area contributed by atoms with E-state index in [0.29, 0.717) is 33.5 Å². The molecule has 2 aromatic carbocycles. The smallest absolute Gasteiger partial charge is 0.255 e. The van der Waals surface area contributed by atoms with Crippen LogP contribution in [0.25, 0.3) is 27.0 Å². The topological polar surface area (TPSA) is 75.5 Å². The van der Waals surface area contributed by atoms with Crippen LogP contribution in [-0.4, -0.2) is 39.1 Å². The lowest BCUT2D eigenvalue weighted by molar-refractivity contribution is 0.0784. The Balaban J connectivity index is 1.45. The van der Waals surface area contributed by atoms with E-state index in [1.54, 1.807) is 19.2 Å². The average Bonchev–Trinajstić information content (AvgIpc) is 3.50. The van der Waals surface area contributed by atoms with Gasteiger partial charge in [-0.3, -0.25) is 14.9 Å². The number of carbonyl (C=O) groups is 1. The average molecular weight is 459 g/mol. The number of hydrogen-bond donors (Lipinski definition) is 1. The molecule has 9 heteroatoms. The van der Waals surface area contributed by atoms with E-state index in [9.17, 15) is 13.6 Å². The molecule has 5 rings (SSSR count). The molecule has 0 bridgehead atoms. The number of rotatable bonds is 6. The van der Waals surface area contributed by atoms with Crippen molar-refractivity contribution in [1.29, 1.82) is 0 Å². The Morgan fingerprint density at radius 3 is 2.82 bits per heavy atom. The first-order valence-corrected chi connectivity index (χ1v) is 10.6. The maximum Gasteiger partial charge on any atom is 0.255 e. The van der Waals surface area contributed by atoms with Crippen LogP contribution in [-0.2, 0) is 6.54 Å². The summed E-state index contributed by atoms with van der Waals surface area (Å²) in [5.74, 6) is -0.882. The molecule has 0 saturated heterocycles. The summed E-state index contributed by atoms with van der Waals surface area (Å²) in [4.78, 5) is 22.4. The molecule has 0 spiro atoms. The number of aromatic nitrogens is 3. The van der Waals surface area contributed by atoms with Crippen LogP contribution < -0.4 is 4.74 Å². The highest BCUT2D eigenvalue weighted by Crippen LogP contribution is 2.36. The van der Waals surface area contributed by atoms with E-state index in [2.05, 4.69) is 20.0 Å². The fraction of sp³-hybridized carbons (Fsp3) is 0.200. The first kappa shape index (κ1) is 21.5. The quantitative estimate of drug-likeness (QED) is 0.399. The molecule has 0 radical (unpaired) electrons. The van der Waals surface area contributed by atoms with Gasteiger partial charge in [0.05, 0.1) is 35.3 Å². The van der Waals surface area contributed by atoms with Crippen molar-refractivity contribution < 1.29 is 18.3 Å². The minimum absolute atomic E-state index is 0.0189. The zero-order valence-electron chi connectivity index (χ0n) is 18.2. The third-order valence-corrected chi connectivity index (χ3v) is 5.61. The van der Waals surface area contributed by atoms with E-state index >= 15 is 0 Å². The van der Waals surface area contributed by atoms with Crippen molar-refractivity contribution in [2.24, 2.45) is 0 Å². The van der Waals surface area contributed by atoms with Gasteiger partial charge >= 0.3 is 0 Å². The maximum absolute atomic E-state index is 14.0. The summed E-state index contributed by atoms with van der Waals surface area (Å²) in [5, 5.41) is 7.03. The molecule has 1 N–H and O–H groups in total. The van der Waals surface area contributed by atoms with Crippen molar-refractivity contribution >= 4 is 22.5 Å². The normalized spacial score (nSPS) is 13.0. The van der Waals surface area contributed by atoms with Crippen molar-refractivity contribution in [3.63, 3.8) is 0 Å². The van der Waals surface area contributed by atoms with Crippen LogP contribution in [0.1, 0.15) is 28.8 Å². The zero-order chi connectivity index (χ0) is 23.8. The van der Waals surface area contributed by atoms with E-state index in [1.807, 2.05) is 0 Å². The molecule has 7 nitrogen and oxygen atoms in total. The van der Waals surface area contributed by atoms with E-state index < -0.39 is 5.82 Å². The lowest BCUT2D eigenvalue weighted by atomic mass is 10.1. The summed E-state index contributed by atoms with van der Waals surface area (Å²) in [6.45, 7) is 7.41. The highest BCUT2D eigenvalue weighted by molar-refractivity contribution is 5.95. The van der Waals surface area contributed by atoms with Gasteiger partial charge < -0.3 is 9.64 Å². The second-order valence-corrected chi connectivity index (χ2v) is 8.22. The van der Waals surface area contributed by atoms with E-state index in [-0.39, 0.29) is 30.1 Å². The SMILES string of the molecule is [C-]#[N+]c1cc(F)cc(-c2ncc(C(=O)N(C)Cc3ccc(F)c4cn[nH]c34)cc2OC2CC2)c1. The maximum atomic E-state index is 14.0. The number of pyridine rings is 1. The van der Waals surface area contributed by atoms with Crippen molar-refractivity contribution in [2.75, 3.05) is 7.05 Å². The van der Waals surface area contributed by atoms with Gasteiger partial charge in [-0.1, -0.05) is 6.07 Å². The first-order valence-electron chi connectivity index (χ1n) is 10.6. The zero-order valence-corrected chi connectivity index (χ0v) is 18.2. The molecule has 0 unspecified atom stereocenters. The summed E-state index contributed by atoms with van der Waals surface area (Å²) < 4.78 is 34.0. The van der Waals surface area contributed by atoms with Crippen LogP contribution in [0.3, 0.4) is 0 Å². The molecular weight excluding hydrogens is 440 g/mol. The molecule has 2 heterocycles. The predicted octanol–water partition coefficient (Wildman–Crippen LogP) is 5.27. The van der Waals surface area contributed by atoms with Crippen LogP contribution in [0, 0.1) is 18.2 Å². The Kier molecular flexibility index (Phi) is 5.42. The Morgan fingerprint density at radius 2 is 2.06 bits per heavy atom. The van der Waals surface area contributed by atoms with Crippen molar-refractivity contribution in [3.8, 4) is 17.0 Å². The molecule has 1 aliphatic carbocycles. The fourth-order valence-corrected chi connectivity index (χ4v) is 3.75. The highest BCUT2D eigenvalue weighted by atomic mass is 19.1. The molecule has 1 aliphatic rings. The molecule has 4 aromatic rings. The number of nitrogens with zero attached hydrogens (tertiary/aromatic N) is 4. The lowest BCUT2D eigenvalue weighted by Crippen LogP contribution is -2.26. The number of H-pyrrole nitrogens is 1. The molecule has 34 heavy (non-hydrogen) atoms. The van der Waals surface area contributed by atoms with Crippen LogP contribution >= 0.6 is 0 Å². The van der Waals surface area contributed by atoms with Gasteiger partial charge in [0.1, 0.15) is 23.1 Å². The first-order chi connectivity index (χ1) is 16.4. The summed E-state index contributed by atoms with van der Waals surface area (Å²) >= 11 is 0. The fourth-order valence-electron chi connectivity index (χ4n) is 3.75. The molecule has 1 saturated carbocycles. The number of carbonyl (C=O) groups excluding carboxylic acids is 1. The molecule has 1 fully saturated rings. The van der Waals surface area contributed by atoms with Crippen LogP contribution in [0.15, 0.2) is 48.8 Å². The number of hydrogen-bond acceptors (Lipinski definition) is 4. The van der Waals surface area contributed by atoms with E-state index in [1.165, 1.54) is 35.5 Å². The van der Waals surface area contributed by atoms with Gasteiger partial charge in [-0.05, 0) is 54.3 Å². The standard InChI is InChI=1S/C25H19F2N5O2/c1-28-18-8-15(7-17(26)10-18)24-22(34-19-4-5-19)9-16(11-29-24)25(33)32(2)13-14-3-6-21(27)20-12-30-31-23(14)20/h3,6-12,19H,4-5,13H2,2H3,(H,30,31). The van der Waals surface area contributed by atoms with Crippen LogP contribution in [0.4, 0.5) is 14.5 Å². The predicted molar refractivity (Wildman–Crippen MR) is 121 cm³/mol. The Morgan fingerprint density at radius 1 is 1.24 bits per heavy atom. The van der Waals surface area contributed by atoms with E-state index in [4.69, 9.17) is 11.3 Å². The Hall–Kier alpha value is -4.32. The summed E-state index contributed by atoms with van der Waals surface area (Å²) in [6.07, 6.45) is 4.61. The van der Waals surface area contributed by atoms with Gasteiger partial charge in [0.25, 0.3) is 5.91 Å². The Bertz CT molecular complexity index is 1460. The van der Waals surface area contributed by atoms with Gasteiger partial charge in [-0.25, -0.2) is 13.6 Å².